The van der Waals surface area contributed by atoms with Crippen molar-refractivity contribution in [2.45, 2.75) is 59.5 Å². The number of rotatable bonds is 6. The number of carbonyl (C=O) groups is 1. The van der Waals surface area contributed by atoms with Crippen molar-refractivity contribution in [2.75, 3.05) is 5.32 Å². The highest BCUT2D eigenvalue weighted by Gasteiger charge is 2.16. The quantitative estimate of drug-likeness (QED) is 0.815. The maximum absolute atomic E-state index is 12.1. The minimum Gasteiger partial charge on any atom is -0.373 e. The van der Waals surface area contributed by atoms with Gasteiger partial charge in [0, 0.05) is 10.5 Å². The van der Waals surface area contributed by atoms with Gasteiger partial charge in [-0.1, -0.05) is 19.4 Å². The van der Waals surface area contributed by atoms with Crippen LogP contribution in [-0.2, 0) is 4.79 Å². The second-order valence-corrected chi connectivity index (χ2v) is 6.36. The fraction of sp³-hybridized carbons (Fsp3) is 0.562. The highest BCUT2D eigenvalue weighted by atomic mass is 79.9. The second-order valence-electron chi connectivity index (χ2n) is 5.50. The van der Waals surface area contributed by atoms with E-state index in [1.54, 1.807) is 0 Å². The number of nitrogens with one attached hydrogen (secondary N) is 2. The van der Waals surface area contributed by atoms with E-state index in [9.17, 15) is 4.79 Å². The van der Waals surface area contributed by atoms with E-state index in [-0.39, 0.29) is 18.0 Å². The minimum atomic E-state index is -0.257. The second kappa shape index (κ2) is 7.67. The van der Waals surface area contributed by atoms with Gasteiger partial charge < -0.3 is 10.6 Å². The maximum Gasteiger partial charge on any atom is 0.242 e. The summed E-state index contributed by atoms with van der Waals surface area (Å²) in [6.07, 6.45) is 2.08. The summed E-state index contributed by atoms with van der Waals surface area (Å²) in [5, 5.41) is 6.33. The molecule has 0 spiro atoms. The molecule has 0 radical (unpaired) electrons. The fourth-order valence-corrected chi connectivity index (χ4v) is 3.04. The molecule has 20 heavy (non-hydrogen) atoms. The molecule has 0 heterocycles. The van der Waals surface area contributed by atoms with E-state index >= 15 is 0 Å². The molecular formula is C16H25BrN2O. The third-order valence-electron chi connectivity index (χ3n) is 3.30. The summed E-state index contributed by atoms with van der Waals surface area (Å²) in [6, 6.07) is 4.13. The summed E-state index contributed by atoms with van der Waals surface area (Å²) in [5.41, 5.74) is 3.33. The zero-order valence-corrected chi connectivity index (χ0v) is 14.6. The fourth-order valence-electron chi connectivity index (χ4n) is 2.25. The van der Waals surface area contributed by atoms with E-state index < -0.39 is 0 Å². The number of hydrogen-bond acceptors (Lipinski definition) is 2. The molecule has 4 heteroatoms. The normalized spacial score (nSPS) is 13.7. The number of aryl methyl sites for hydroxylation is 2. The van der Waals surface area contributed by atoms with Crippen molar-refractivity contribution in [2.24, 2.45) is 0 Å². The van der Waals surface area contributed by atoms with Crippen molar-refractivity contribution in [3.63, 3.8) is 0 Å². The van der Waals surface area contributed by atoms with Crippen molar-refractivity contribution in [3.05, 3.63) is 27.7 Å². The van der Waals surface area contributed by atoms with Crippen LogP contribution in [0.2, 0.25) is 0 Å². The summed E-state index contributed by atoms with van der Waals surface area (Å²) in [4.78, 5) is 12.1. The predicted molar refractivity (Wildman–Crippen MR) is 89.2 cm³/mol. The SMILES string of the molecule is CCCC(C)NC(=O)C(C)Nc1c(C)cc(C)cc1Br. The zero-order valence-electron chi connectivity index (χ0n) is 13.0. The summed E-state index contributed by atoms with van der Waals surface area (Å²) in [7, 11) is 0. The highest BCUT2D eigenvalue weighted by Crippen LogP contribution is 2.28. The molecule has 1 rings (SSSR count). The topological polar surface area (TPSA) is 41.1 Å². The van der Waals surface area contributed by atoms with Crippen LogP contribution in [0.25, 0.3) is 0 Å². The summed E-state index contributed by atoms with van der Waals surface area (Å²) in [5.74, 6) is 0.0397. The average Bonchev–Trinajstić information content (AvgIpc) is 2.33. The molecule has 1 aromatic carbocycles. The van der Waals surface area contributed by atoms with Crippen LogP contribution in [0.5, 0.6) is 0 Å². The van der Waals surface area contributed by atoms with Crippen LogP contribution in [0, 0.1) is 13.8 Å². The molecule has 112 valence electrons. The van der Waals surface area contributed by atoms with Crippen molar-refractivity contribution in [1.82, 2.24) is 5.32 Å². The Morgan fingerprint density at radius 3 is 2.50 bits per heavy atom. The third kappa shape index (κ3) is 4.82. The minimum absolute atomic E-state index is 0.0397. The number of halogens is 1. The lowest BCUT2D eigenvalue weighted by molar-refractivity contribution is -0.122. The van der Waals surface area contributed by atoms with Crippen molar-refractivity contribution in [3.8, 4) is 0 Å². The Kier molecular flexibility index (Phi) is 6.53. The number of hydrogen-bond donors (Lipinski definition) is 2. The Bertz CT molecular complexity index is 451. The van der Waals surface area contributed by atoms with Crippen LogP contribution >= 0.6 is 15.9 Å². The van der Waals surface area contributed by atoms with Gasteiger partial charge >= 0.3 is 0 Å². The number of amides is 1. The zero-order chi connectivity index (χ0) is 15.3. The predicted octanol–water partition coefficient (Wildman–Crippen LogP) is 4.17. The Hall–Kier alpha value is -1.03. The Balaban J connectivity index is 2.71. The lowest BCUT2D eigenvalue weighted by atomic mass is 10.1. The first-order valence-electron chi connectivity index (χ1n) is 7.18. The van der Waals surface area contributed by atoms with E-state index in [0.717, 1.165) is 28.6 Å². The molecule has 0 bridgehead atoms. The van der Waals surface area contributed by atoms with Gasteiger partial charge in [-0.25, -0.2) is 0 Å². The van der Waals surface area contributed by atoms with Gasteiger partial charge in [0.2, 0.25) is 5.91 Å². The maximum atomic E-state index is 12.1. The van der Waals surface area contributed by atoms with Gasteiger partial charge in [0.15, 0.2) is 0 Å². The Morgan fingerprint density at radius 2 is 1.95 bits per heavy atom. The standard InChI is InChI=1S/C16H25BrN2O/c1-6-7-12(4)18-16(20)13(5)19-15-11(3)8-10(2)9-14(15)17/h8-9,12-13,19H,6-7H2,1-5H3,(H,18,20). The molecule has 1 aromatic rings. The first kappa shape index (κ1) is 17.0. The van der Waals surface area contributed by atoms with Gasteiger partial charge in [-0.05, 0) is 67.2 Å². The van der Waals surface area contributed by atoms with Crippen LogP contribution in [0.15, 0.2) is 16.6 Å². The molecule has 0 aliphatic heterocycles. The van der Waals surface area contributed by atoms with Crippen LogP contribution in [-0.4, -0.2) is 18.0 Å². The molecule has 1 amide bonds. The average molecular weight is 341 g/mol. The molecule has 2 N–H and O–H groups in total. The van der Waals surface area contributed by atoms with E-state index in [0.29, 0.717) is 0 Å². The molecule has 3 nitrogen and oxygen atoms in total. The first-order valence-corrected chi connectivity index (χ1v) is 7.98. The number of benzene rings is 1. The molecule has 2 atom stereocenters. The van der Waals surface area contributed by atoms with Crippen molar-refractivity contribution < 1.29 is 4.79 Å². The van der Waals surface area contributed by atoms with Crippen LogP contribution in [0.1, 0.15) is 44.7 Å². The van der Waals surface area contributed by atoms with Gasteiger partial charge in [-0.3, -0.25) is 4.79 Å². The van der Waals surface area contributed by atoms with Gasteiger partial charge in [-0.2, -0.15) is 0 Å². The number of anilines is 1. The van der Waals surface area contributed by atoms with E-state index in [2.05, 4.69) is 52.5 Å². The van der Waals surface area contributed by atoms with Gasteiger partial charge in [0.05, 0.1) is 5.69 Å². The van der Waals surface area contributed by atoms with Crippen molar-refractivity contribution >= 4 is 27.5 Å². The third-order valence-corrected chi connectivity index (χ3v) is 3.92. The number of carbonyl (C=O) groups excluding carboxylic acids is 1. The summed E-state index contributed by atoms with van der Waals surface area (Å²) >= 11 is 3.56. The van der Waals surface area contributed by atoms with Crippen LogP contribution in [0.3, 0.4) is 0 Å². The van der Waals surface area contributed by atoms with Gasteiger partial charge in [-0.15, -0.1) is 0 Å². The van der Waals surface area contributed by atoms with Crippen molar-refractivity contribution in [1.29, 1.82) is 0 Å². The summed E-state index contributed by atoms with van der Waals surface area (Å²) in [6.45, 7) is 10.2. The molecule has 0 aromatic heterocycles. The largest absolute Gasteiger partial charge is 0.373 e. The lowest BCUT2D eigenvalue weighted by Crippen LogP contribution is -2.42. The molecule has 0 aliphatic carbocycles. The monoisotopic (exact) mass is 340 g/mol. The molecule has 0 saturated carbocycles. The lowest BCUT2D eigenvalue weighted by Gasteiger charge is -2.21. The summed E-state index contributed by atoms with van der Waals surface area (Å²) < 4.78 is 0.997. The van der Waals surface area contributed by atoms with E-state index in [4.69, 9.17) is 0 Å². The van der Waals surface area contributed by atoms with Crippen LogP contribution < -0.4 is 10.6 Å². The van der Waals surface area contributed by atoms with E-state index in [1.165, 1.54) is 5.56 Å². The smallest absolute Gasteiger partial charge is 0.242 e. The van der Waals surface area contributed by atoms with E-state index in [1.807, 2.05) is 20.8 Å². The van der Waals surface area contributed by atoms with Crippen LogP contribution in [0.4, 0.5) is 5.69 Å². The molecular weight excluding hydrogens is 316 g/mol. The Labute approximate surface area is 130 Å². The molecule has 0 fully saturated rings. The molecule has 0 aliphatic rings. The van der Waals surface area contributed by atoms with Gasteiger partial charge in [0.25, 0.3) is 0 Å². The highest BCUT2D eigenvalue weighted by molar-refractivity contribution is 9.10. The molecule has 0 saturated heterocycles. The Morgan fingerprint density at radius 1 is 1.30 bits per heavy atom. The van der Waals surface area contributed by atoms with Gasteiger partial charge in [0.1, 0.15) is 6.04 Å². The first-order chi connectivity index (χ1) is 9.35. The molecule has 2 unspecified atom stereocenters.